The van der Waals surface area contributed by atoms with E-state index in [0.717, 1.165) is 19.3 Å². The minimum atomic E-state index is -0.363. The van der Waals surface area contributed by atoms with Crippen LogP contribution < -0.4 is 0 Å². The number of ether oxygens (including phenoxy) is 2. The van der Waals surface area contributed by atoms with Crippen molar-refractivity contribution in [2.45, 2.75) is 38.4 Å². The van der Waals surface area contributed by atoms with Crippen LogP contribution in [0.5, 0.6) is 0 Å². The van der Waals surface area contributed by atoms with Gasteiger partial charge in [-0.15, -0.1) is 0 Å². The van der Waals surface area contributed by atoms with E-state index in [-0.39, 0.29) is 17.5 Å². The molecule has 3 nitrogen and oxygen atoms in total. The number of rotatable bonds is 1. The monoisotopic (exact) mass is 170 g/mol. The fourth-order valence-corrected chi connectivity index (χ4v) is 2.38. The molecule has 0 amide bonds. The van der Waals surface area contributed by atoms with Crippen molar-refractivity contribution in [3.63, 3.8) is 0 Å². The molecule has 0 aromatic carbocycles. The van der Waals surface area contributed by atoms with Gasteiger partial charge in [-0.3, -0.25) is 4.79 Å². The maximum atomic E-state index is 11.4. The molecule has 2 heterocycles. The molecule has 68 valence electrons. The Hall–Kier alpha value is -0.570. The molecule has 12 heavy (non-hydrogen) atoms. The summed E-state index contributed by atoms with van der Waals surface area (Å²) in [6, 6.07) is 0. The molecule has 0 aromatic rings. The Morgan fingerprint density at radius 3 is 2.75 bits per heavy atom. The maximum Gasteiger partial charge on any atom is 0.314 e. The highest BCUT2D eigenvalue weighted by molar-refractivity contribution is 5.77. The van der Waals surface area contributed by atoms with Gasteiger partial charge in [0.25, 0.3) is 0 Å². The molecule has 2 aliphatic rings. The van der Waals surface area contributed by atoms with Gasteiger partial charge < -0.3 is 9.47 Å². The van der Waals surface area contributed by atoms with E-state index >= 15 is 0 Å². The van der Waals surface area contributed by atoms with Crippen LogP contribution in [0.2, 0.25) is 0 Å². The minimum Gasteiger partial charge on any atom is -0.469 e. The van der Waals surface area contributed by atoms with Crippen LogP contribution in [-0.4, -0.2) is 25.3 Å². The van der Waals surface area contributed by atoms with Gasteiger partial charge in [0.15, 0.2) is 0 Å². The average Bonchev–Trinajstić information content (AvgIpc) is 2.62. The highest BCUT2D eigenvalue weighted by Crippen LogP contribution is 2.47. The number of esters is 1. The number of hydrogen-bond acceptors (Lipinski definition) is 3. The molecule has 0 aliphatic carbocycles. The summed E-state index contributed by atoms with van der Waals surface area (Å²) in [6.07, 6.45) is 3.37. The van der Waals surface area contributed by atoms with E-state index in [2.05, 4.69) is 0 Å². The second-order valence-corrected chi connectivity index (χ2v) is 3.94. The Labute approximate surface area is 72.0 Å². The molecule has 3 heteroatoms. The second kappa shape index (κ2) is 2.46. The van der Waals surface area contributed by atoms with Crippen molar-refractivity contribution < 1.29 is 14.3 Å². The first-order valence-electron chi connectivity index (χ1n) is 4.40. The molecule has 2 bridgehead atoms. The molecule has 0 N–H and O–H groups in total. The normalized spacial score (nSPS) is 44.8. The Kier molecular flexibility index (Phi) is 1.65. The first kappa shape index (κ1) is 8.05. The quantitative estimate of drug-likeness (QED) is 0.553. The summed E-state index contributed by atoms with van der Waals surface area (Å²) < 4.78 is 10.4. The molecule has 2 fully saturated rings. The van der Waals surface area contributed by atoms with Gasteiger partial charge in [0.2, 0.25) is 0 Å². The van der Waals surface area contributed by atoms with E-state index in [1.807, 2.05) is 6.92 Å². The average molecular weight is 170 g/mol. The number of carbonyl (C=O) groups excluding carboxylic acids is 1. The number of methoxy groups -OCH3 is 1. The van der Waals surface area contributed by atoms with Crippen LogP contribution in [0, 0.1) is 5.41 Å². The van der Waals surface area contributed by atoms with Crippen molar-refractivity contribution in [1.82, 2.24) is 0 Å². The molecular formula is C9H14O3. The topological polar surface area (TPSA) is 35.5 Å². The van der Waals surface area contributed by atoms with E-state index in [1.165, 1.54) is 7.11 Å². The van der Waals surface area contributed by atoms with Gasteiger partial charge in [-0.2, -0.15) is 0 Å². The van der Waals surface area contributed by atoms with Crippen molar-refractivity contribution >= 4 is 5.97 Å². The van der Waals surface area contributed by atoms with E-state index in [4.69, 9.17) is 9.47 Å². The number of hydrogen-bond donors (Lipinski definition) is 0. The molecule has 0 spiro atoms. The van der Waals surface area contributed by atoms with Crippen LogP contribution in [0.1, 0.15) is 26.2 Å². The van der Waals surface area contributed by atoms with Crippen molar-refractivity contribution in [3.05, 3.63) is 0 Å². The van der Waals surface area contributed by atoms with Crippen molar-refractivity contribution in [2.24, 2.45) is 5.41 Å². The summed E-state index contributed by atoms with van der Waals surface area (Å²) in [7, 11) is 1.44. The lowest BCUT2D eigenvalue weighted by Gasteiger charge is -2.27. The summed E-state index contributed by atoms with van der Waals surface area (Å²) >= 11 is 0. The predicted molar refractivity (Wildman–Crippen MR) is 42.6 cm³/mol. The second-order valence-electron chi connectivity index (χ2n) is 3.94. The lowest BCUT2D eigenvalue weighted by molar-refractivity contribution is -0.154. The van der Waals surface area contributed by atoms with E-state index in [0.29, 0.717) is 6.10 Å². The standard InChI is InChI=1S/C9H14O3/c1-9(8(10)11-2)5-6-3-4-7(9)12-6/h6-7H,3-5H2,1-2H3/t6-,7-,9-/m1/s1. The van der Waals surface area contributed by atoms with Crippen molar-refractivity contribution in [1.29, 1.82) is 0 Å². The zero-order chi connectivity index (χ0) is 8.77. The molecule has 0 radical (unpaired) electrons. The van der Waals surface area contributed by atoms with E-state index < -0.39 is 0 Å². The third kappa shape index (κ3) is 0.891. The third-order valence-electron chi connectivity index (χ3n) is 3.12. The predicted octanol–water partition coefficient (Wildman–Crippen LogP) is 1.12. The first-order chi connectivity index (χ1) is 5.66. The van der Waals surface area contributed by atoms with Crippen molar-refractivity contribution in [3.8, 4) is 0 Å². The summed E-state index contributed by atoms with van der Waals surface area (Å²) in [6.45, 7) is 1.95. The largest absolute Gasteiger partial charge is 0.469 e. The third-order valence-corrected chi connectivity index (χ3v) is 3.12. The Morgan fingerprint density at radius 2 is 2.33 bits per heavy atom. The molecule has 0 aromatic heterocycles. The Morgan fingerprint density at radius 1 is 1.58 bits per heavy atom. The van der Waals surface area contributed by atoms with Crippen LogP contribution in [0.3, 0.4) is 0 Å². The Balaban J connectivity index is 2.17. The van der Waals surface area contributed by atoms with E-state index in [1.54, 1.807) is 0 Å². The molecular weight excluding hydrogens is 156 g/mol. The van der Waals surface area contributed by atoms with Gasteiger partial charge in [0.1, 0.15) is 0 Å². The minimum absolute atomic E-state index is 0.106. The molecule has 0 saturated carbocycles. The molecule has 0 unspecified atom stereocenters. The lowest BCUT2D eigenvalue weighted by atomic mass is 9.76. The molecule has 2 aliphatic heterocycles. The highest BCUT2D eigenvalue weighted by atomic mass is 16.5. The first-order valence-corrected chi connectivity index (χ1v) is 4.40. The number of fused-ring (bicyclic) bond motifs is 2. The van der Waals surface area contributed by atoms with Gasteiger partial charge in [-0.05, 0) is 26.2 Å². The van der Waals surface area contributed by atoms with Crippen LogP contribution in [0.4, 0.5) is 0 Å². The smallest absolute Gasteiger partial charge is 0.314 e. The van der Waals surface area contributed by atoms with Gasteiger partial charge in [0.05, 0.1) is 24.7 Å². The molecule has 2 saturated heterocycles. The zero-order valence-corrected chi connectivity index (χ0v) is 7.50. The fourth-order valence-electron chi connectivity index (χ4n) is 2.38. The summed E-state index contributed by atoms with van der Waals surface area (Å²) in [4.78, 5) is 11.4. The van der Waals surface area contributed by atoms with Crippen LogP contribution in [0.25, 0.3) is 0 Å². The fraction of sp³-hybridized carbons (Fsp3) is 0.889. The van der Waals surface area contributed by atoms with Crippen LogP contribution >= 0.6 is 0 Å². The zero-order valence-electron chi connectivity index (χ0n) is 7.50. The maximum absolute atomic E-state index is 11.4. The van der Waals surface area contributed by atoms with Crippen LogP contribution in [-0.2, 0) is 14.3 Å². The molecule has 3 atom stereocenters. The van der Waals surface area contributed by atoms with Gasteiger partial charge >= 0.3 is 5.97 Å². The SMILES string of the molecule is COC(=O)[C@]1(C)C[C@H]2CC[C@H]1O2. The lowest BCUT2D eigenvalue weighted by Crippen LogP contribution is -2.38. The summed E-state index contributed by atoms with van der Waals surface area (Å²) in [5.41, 5.74) is -0.363. The summed E-state index contributed by atoms with van der Waals surface area (Å²) in [5, 5.41) is 0. The molecule has 2 rings (SSSR count). The van der Waals surface area contributed by atoms with Crippen LogP contribution in [0.15, 0.2) is 0 Å². The summed E-state index contributed by atoms with van der Waals surface area (Å²) in [5.74, 6) is -0.116. The van der Waals surface area contributed by atoms with Gasteiger partial charge in [-0.1, -0.05) is 0 Å². The van der Waals surface area contributed by atoms with Gasteiger partial charge in [0, 0.05) is 0 Å². The van der Waals surface area contributed by atoms with E-state index in [9.17, 15) is 4.79 Å². The number of carbonyl (C=O) groups is 1. The van der Waals surface area contributed by atoms with Crippen molar-refractivity contribution in [2.75, 3.05) is 7.11 Å². The van der Waals surface area contributed by atoms with Gasteiger partial charge in [-0.25, -0.2) is 0 Å². The highest BCUT2D eigenvalue weighted by Gasteiger charge is 2.54. The Bertz CT molecular complexity index is 214.